The number of hydrogen-bond donors (Lipinski definition) is 0. The van der Waals surface area contributed by atoms with Crippen LogP contribution in [0.4, 0.5) is 5.69 Å². The summed E-state index contributed by atoms with van der Waals surface area (Å²) in [5, 5.41) is 0. The van der Waals surface area contributed by atoms with Crippen LogP contribution < -0.4 is 0 Å². The first-order chi connectivity index (χ1) is 9.25. The quantitative estimate of drug-likeness (QED) is 0.814. The third kappa shape index (κ3) is 2.46. The molecule has 0 amide bonds. The maximum absolute atomic E-state index is 12.6. The van der Waals surface area contributed by atoms with Gasteiger partial charge >= 0.3 is 0 Å². The van der Waals surface area contributed by atoms with Crippen molar-refractivity contribution >= 4 is 17.2 Å². The van der Waals surface area contributed by atoms with E-state index in [1.807, 2.05) is 31.2 Å². The van der Waals surface area contributed by atoms with Crippen LogP contribution in [0.1, 0.15) is 17.3 Å². The van der Waals surface area contributed by atoms with Crippen LogP contribution in [0, 0.1) is 5.92 Å². The van der Waals surface area contributed by atoms with Crippen LogP contribution in [-0.2, 0) is 4.74 Å². The summed E-state index contributed by atoms with van der Waals surface area (Å²) >= 11 is 0. The Morgan fingerprint density at radius 2 is 2.05 bits per heavy atom. The van der Waals surface area contributed by atoms with Gasteiger partial charge in [-0.05, 0) is 19.1 Å². The van der Waals surface area contributed by atoms with Crippen molar-refractivity contribution < 1.29 is 9.53 Å². The molecule has 4 heteroatoms. The number of rotatable bonds is 2. The number of fused-ring (bicyclic) bond motifs is 1. The molecule has 1 aromatic carbocycles. The Morgan fingerprint density at radius 1 is 1.32 bits per heavy atom. The van der Waals surface area contributed by atoms with Crippen LogP contribution in [0.5, 0.6) is 0 Å². The normalized spacial score (nSPS) is 23.9. The molecule has 0 saturated carbocycles. The van der Waals surface area contributed by atoms with Gasteiger partial charge in [0.05, 0.1) is 24.8 Å². The van der Waals surface area contributed by atoms with E-state index in [1.165, 1.54) is 0 Å². The van der Waals surface area contributed by atoms with Crippen molar-refractivity contribution in [3.05, 3.63) is 29.8 Å². The van der Waals surface area contributed by atoms with Gasteiger partial charge in [0.25, 0.3) is 0 Å². The highest BCUT2D eigenvalue weighted by Crippen LogP contribution is 2.28. The molecule has 0 aromatic heterocycles. The lowest BCUT2D eigenvalue weighted by atomic mass is 9.89. The molecule has 3 rings (SSSR count). The van der Waals surface area contributed by atoms with E-state index >= 15 is 0 Å². The largest absolute Gasteiger partial charge is 0.379 e. The van der Waals surface area contributed by atoms with E-state index in [0.29, 0.717) is 0 Å². The van der Waals surface area contributed by atoms with Crippen molar-refractivity contribution in [1.29, 1.82) is 0 Å². The van der Waals surface area contributed by atoms with Gasteiger partial charge in [0.15, 0.2) is 5.78 Å². The third-order valence-corrected chi connectivity index (χ3v) is 3.83. The van der Waals surface area contributed by atoms with Gasteiger partial charge in [0, 0.05) is 30.9 Å². The molecule has 4 nitrogen and oxygen atoms in total. The van der Waals surface area contributed by atoms with E-state index in [-0.39, 0.29) is 11.7 Å². The smallest absolute Gasteiger partial charge is 0.175 e. The molecule has 0 aliphatic carbocycles. The summed E-state index contributed by atoms with van der Waals surface area (Å²) in [5.74, 6) is 0.0996. The minimum absolute atomic E-state index is 0.104. The Balaban J connectivity index is 1.82. The Morgan fingerprint density at radius 3 is 2.84 bits per heavy atom. The molecular formula is C15H18N2O2. The molecule has 1 fully saturated rings. The minimum atomic E-state index is -0.104. The topological polar surface area (TPSA) is 41.9 Å². The van der Waals surface area contributed by atoms with Crippen molar-refractivity contribution in [3.8, 4) is 0 Å². The number of ether oxygens (including phenoxy) is 1. The summed E-state index contributed by atoms with van der Waals surface area (Å²) in [4.78, 5) is 19.4. The zero-order chi connectivity index (χ0) is 13.2. The van der Waals surface area contributed by atoms with Gasteiger partial charge in [-0.2, -0.15) is 0 Å². The van der Waals surface area contributed by atoms with Crippen LogP contribution in [-0.4, -0.2) is 49.2 Å². The van der Waals surface area contributed by atoms with Crippen molar-refractivity contribution in [1.82, 2.24) is 4.90 Å². The molecule has 2 aliphatic rings. The van der Waals surface area contributed by atoms with Crippen molar-refractivity contribution in [3.63, 3.8) is 0 Å². The Hall–Kier alpha value is -1.52. The average Bonchev–Trinajstić information content (AvgIpc) is 2.45. The van der Waals surface area contributed by atoms with E-state index in [0.717, 1.165) is 49.8 Å². The van der Waals surface area contributed by atoms with Gasteiger partial charge in [0.1, 0.15) is 0 Å². The van der Waals surface area contributed by atoms with Gasteiger partial charge < -0.3 is 4.74 Å². The van der Waals surface area contributed by atoms with Crippen molar-refractivity contribution in [2.24, 2.45) is 10.9 Å². The van der Waals surface area contributed by atoms with Crippen LogP contribution in [0.25, 0.3) is 0 Å². The van der Waals surface area contributed by atoms with E-state index < -0.39 is 0 Å². The Labute approximate surface area is 113 Å². The van der Waals surface area contributed by atoms with Gasteiger partial charge in [-0.3, -0.25) is 14.7 Å². The molecule has 0 spiro atoms. The Bertz CT molecular complexity index is 519. The molecule has 0 radical (unpaired) electrons. The van der Waals surface area contributed by atoms with E-state index in [4.69, 9.17) is 4.74 Å². The zero-order valence-corrected chi connectivity index (χ0v) is 11.1. The first kappa shape index (κ1) is 12.5. The maximum Gasteiger partial charge on any atom is 0.175 e. The van der Waals surface area contributed by atoms with Crippen molar-refractivity contribution in [2.75, 3.05) is 32.8 Å². The number of Topliss-reactive ketones (excluding diaryl/α,β-unsaturated/α-hetero) is 1. The highest BCUT2D eigenvalue weighted by atomic mass is 16.5. The lowest BCUT2D eigenvalue weighted by Crippen LogP contribution is -2.43. The number of morpholine rings is 1. The average molecular weight is 258 g/mol. The van der Waals surface area contributed by atoms with Gasteiger partial charge in [-0.1, -0.05) is 12.1 Å². The second-order valence-electron chi connectivity index (χ2n) is 5.10. The molecule has 0 bridgehead atoms. The van der Waals surface area contributed by atoms with Crippen LogP contribution in [0.3, 0.4) is 0 Å². The number of hydrogen-bond acceptors (Lipinski definition) is 4. The summed E-state index contributed by atoms with van der Waals surface area (Å²) in [6.45, 7) is 6.03. The monoisotopic (exact) mass is 258 g/mol. The predicted molar refractivity (Wildman–Crippen MR) is 74.3 cm³/mol. The van der Waals surface area contributed by atoms with Gasteiger partial charge in [0.2, 0.25) is 0 Å². The number of aliphatic imine (C=N–C) groups is 1. The molecule has 2 heterocycles. The predicted octanol–water partition coefficient (Wildman–Crippen LogP) is 1.92. The van der Waals surface area contributed by atoms with Gasteiger partial charge in [-0.25, -0.2) is 0 Å². The summed E-state index contributed by atoms with van der Waals surface area (Å²) in [7, 11) is 0. The fraction of sp³-hybridized carbons (Fsp3) is 0.467. The van der Waals surface area contributed by atoms with E-state index in [9.17, 15) is 4.79 Å². The van der Waals surface area contributed by atoms with Crippen molar-refractivity contribution in [2.45, 2.75) is 6.92 Å². The van der Waals surface area contributed by atoms with Gasteiger partial charge in [-0.15, -0.1) is 0 Å². The number of para-hydroxylation sites is 1. The number of carbonyl (C=O) groups is 1. The zero-order valence-electron chi connectivity index (χ0n) is 11.1. The molecule has 100 valence electrons. The number of nitrogens with zero attached hydrogens (tertiary/aromatic N) is 2. The molecule has 1 aromatic rings. The highest BCUT2D eigenvalue weighted by molar-refractivity contribution is 6.17. The molecule has 1 unspecified atom stereocenters. The second kappa shape index (κ2) is 5.23. The summed E-state index contributed by atoms with van der Waals surface area (Å²) in [6, 6.07) is 7.60. The first-order valence-electron chi connectivity index (χ1n) is 6.74. The SMILES string of the molecule is CC1=Nc2ccccc2C(=O)C1CN1CCOCC1. The number of carbonyl (C=O) groups excluding carboxylic acids is 1. The minimum Gasteiger partial charge on any atom is -0.379 e. The van der Waals surface area contributed by atoms with Crippen LogP contribution >= 0.6 is 0 Å². The fourth-order valence-electron chi connectivity index (χ4n) is 2.68. The molecule has 0 N–H and O–H groups in total. The Kier molecular flexibility index (Phi) is 3.44. The lowest BCUT2D eigenvalue weighted by Gasteiger charge is -2.31. The summed E-state index contributed by atoms with van der Waals surface area (Å²) in [6.07, 6.45) is 0. The third-order valence-electron chi connectivity index (χ3n) is 3.83. The standard InChI is InChI=1S/C15H18N2O2/c1-11-13(10-17-6-8-19-9-7-17)15(18)12-4-2-3-5-14(12)16-11/h2-5,13H,6-10H2,1H3. The first-order valence-corrected chi connectivity index (χ1v) is 6.74. The van der Waals surface area contributed by atoms with E-state index in [1.54, 1.807) is 0 Å². The summed E-state index contributed by atoms with van der Waals surface area (Å²) in [5.41, 5.74) is 2.49. The number of ketones is 1. The fourth-order valence-corrected chi connectivity index (χ4v) is 2.68. The lowest BCUT2D eigenvalue weighted by molar-refractivity contribution is 0.0338. The molecule has 2 aliphatic heterocycles. The van der Waals surface area contributed by atoms with Crippen LogP contribution in [0.15, 0.2) is 29.3 Å². The molecular weight excluding hydrogens is 240 g/mol. The second-order valence-corrected chi connectivity index (χ2v) is 5.10. The molecule has 1 atom stereocenters. The summed E-state index contributed by atoms with van der Waals surface area (Å²) < 4.78 is 5.34. The molecule has 19 heavy (non-hydrogen) atoms. The highest BCUT2D eigenvalue weighted by Gasteiger charge is 2.30. The van der Waals surface area contributed by atoms with E-state index in [2.05, 4.69) is 9.89 Å². The maximum atomic E-state index is 12.6. The van der Waals surface area contributed by atoms with Crippen LogP contribution in [0.2, 0.25) is 0 Å². The number of benzene rings is 1. The molecule has 1 saturated heterocycles.